The molecule has 0 saturated carbocycles. The number of alkyl halides is 3. The van der Waals surface area contributed by atoms with Gasteiger partial charge in [0.05, 0.1) is 23.4 Å². The van der Waals surface area contributed by atoms with E-state index in [1.54, 1.807) is 0 Å². The van der Waals surface area contributed by atoms with E-state index in [1.165, 1.54) is 12.1 Å². The number of urea groups is 1. The molecule has 11 heteroatoms. The van der Waals surface area contributed by atoms with Crippen molar-refractivity contribution >= 4 is 21.6 Å². The Kier molecular flexibility index (Phi) is 4.97. The van der Waals surface area contributed by atoms with E-state index in [-0.39, 0.29) is 23.1 Å². The van der Waals surface area contributed by atoms with Gasteiger partial charge in [-0.05, 0) is 12.5 Å². The number of aromatic nitrogens is 1. The summed E-state index contributed by atoms with van der Waals surface area (Å²) in [7, 11) is -3.10. The molecule has 1 aliphatic rings. The second-order valence-electron chi connectivity index (χ2n) is 4.99. The standard InChI is InChI=1S/C12H14F3N3O4S/c13-12(14,15)7-22-10-2-1-8(5-16-10)17-11(19)18-9-3-4-23(20,21)6-9/h1-2,5,9H,3-4,6-7H2,(H2,17,18,19)/t9-/m1/s1. The highest BCUT2D eigenvalue weighted by molar-refractivity contribution is 7.91. The van der Waals surface area contributed by atoms with Gasteiger partial charge in [-0.2, -0.15) is 13.2 Å². The van der Waals surface area contributed by atoms with Crippen molar-refractivity contribution in [3.05, 3.63) is 18.3 Å². The highest BCUT2D eigenvalue weighted by Crippen LogP contribution is 2.18. The van der Waals surface area contributed by atoms with Crippen molar-refractivity contribution in [2.24, 2.45) is 0 Å². The van der Waals surface area contributed by atoms with E-state index in [9.17, 15) is 26.4 Å². The molecule has 0 aromatic carbocycles. The maximum Gasteiger partial charge on any atom is 0.422 e. The third-order valence-corrected chi connectivity index (χ3v) is 4.71. The van der Waals surface area contributed by atoms with Gasteiger partial charge >= 0.3 is 12.2 Å². The first-order valence-electron chi connectivity index (χ1n) is 6.56. The van der Waals surface area contributed by atoms with Crippen LogP contribution in [0.1, 0.15) is 6.42 Å². The monoisotopic (exact) mass is 353 g/mol. The summed E-state index contributed by atoms with van der Waals surface area (Å²) in [4.78, 5) is 15.3. The molecule has 7 nitrogen and oxygen atoms in total. The molecule has 1 atom stereocenters. The lowest BCUT2D eigenvalue weighted by Crippen LogP contribution is -2.38. The van der Waals surface area contributed by atoms with Crippen LogP contribution in [0.5, 0.6) is 5.88 Å². The molecule has 23 heavy (non-hydrogen) atoms. The lowest BCUT2D eigenvalue weighted by molar-refractivity contribution is -0.154. The van der Waals surface area contributed by atoms with Crippen LogP contribution in [0.15, 0.2) is 18.3 Å². The van der Waals surface area contributed by atoms with Crippen molar-refractivity contribution in [1.29, 1.82) is 0 Å². The third-order valence-electron chi connectivity index (χ3n) is 2.95. The Bertz CT molecular complexity index is 661. The number of halogens is 3. The van der Waals surface area contributed by atoms with Crippen LogP contribution in [-0.4, -0.2) is 49.8 Å². The minimum absolute atomic E-state index is 0.0325. The zero-order valence-corrected chi connectivity index (χ0v) is 12.6. The third kappa shape index (κ3) is 5.93. The lowest BCUT2D eigenvalue weighted by Gasteiger charge is -2.12. The van der Waals surface area contributed by atoms with Gasteiger partial charge in [-0.3, -0.25) is 0 Å². The maximum atomic E-state index is 12.0. The number of pyridine rings is 1. The number of hydrogen-bond acceptors (Lipinski definition) is 5. The van der Waals surface area contributed by atoms with E-state index in [2.05, 4.69) is 20.4 Å². The van der Waals surface area contributed by atoms with Gasteiger partial charge in [0, 0.05) is 12.1 Å². The van der Waals surface area contributed by atoms with Crippen molar-refractivity contribution in [2.75, 3.05) is 23.4 Å². The lowest BCUT2D eigenvalue weighted by atomic mass is 10.3. The largest absolute Gasteiger partial charge is 0.468 e. The van der Waals surface area contributed by atoms with Gasteiger partial charge in [-0.1, -0.05) is 0 Å². The molecule has 0 spiro atoms. The Balaban J connectivity index is 1.82. The summed E-state index contributed by atoms with van der Waals surface area (Å²) in [5.74, 6) is -0.302. The van der Waals surface area contributed by atoms with Gasteiger partial charge in [-0.25, -0.2) is 18.2 Å². The van der Waals surface area contributed by atoms with Gasteiger partial charge in [0.1, 0.15) is 0 Å². The highest BCUT2D eigenvalue weighted by Gasteiger charge is 2.29. The van der Waals surface area contributed by atoms with Crippen LogP contribution >= 0.6 is 0 Å². The quantitative estimate of drug-likeness (QED) is 0.851. The van der Waals surface area contributed by atoms with E-state index in [0.29, 0.717) is 6.42 Å². The first-order chi connectivity index (χ1) is 10.6. The number of nitrogens with zero attached hydrogens (tertiary/aromatic N) is 1. The SMILES string of the molecule is O=C(Nc1ccc(OCC(F)(F)F)nc1)N[C@@H]1CCS(=O)(=O)C1. The minimum Gasteiger partial charge on any atom is -0.468 e. The molecule has 0 aliphatic carbocycles. The Morgan fingerprint density at radius 2 is 2.13 bits per heavy atom. The first-order valence-corrected chi connectivity index (χ1v) is 8.39. The summed E-state index contributed by atoms with van der Waals surface area (Å²) >= 11 is 0. The number of anilines is 1. The van der Waals surface area contributed by atoms with Gasteiger partial charge in [0.25, 0.3) is 0 Å². The van der Waals surface area contributed by atoms with Gasteiger partial charge in [-0.15, -0.1) is 0 Å². The molecular weight excluding hydrogens is 339 g/mol. The molecule has 0 unspecified atom stereocenters. The fourth-order valence-corrected chi connectivity index (χ4v) is 3.63. The highest BCUT2D eigenvalue weighted by atomic mass is 32.2. The predicted octanol–water partition coefficient (Wildman–Crippen LogP) is 1.33. The number of nitrogens with one attached hydrogen (secondary N) is 2. The van der Waals surface area contributed by atoms with Crippen LogP contribution in [-0.2, 0) is 9.84 Å². The second-order valence-corrected chi connectivity index (χ2v) is 7.22. The van der Waals surface area contributed by atoms with E-state index >= 15 is 0 Å². The number of carbonyl (C=O) groups is 1. The molecule has 2 N–H and O–H groups in total. The predicted molar refractivity (Wildman–Crippen MR) is 75.0 cm³/mol. The first kappa shape index (κ1) is 17.3. The van der Waals surface area contributed by atoms with Crippen LogP contribution < -0.4 is 15.4 Å². The summed E-state index contributed by atoms with van der Waals surface area (Å²) in [5.41, 5.74) is 0.239. The van der Waals surface area contributed by atoms with Crippen molar-refractivity contribution in [2.45, 2.75) is 18.6 Å². The molecule has 1 aliphatic heterocycles. The van der Waals surface area contributed by atoms with E-state index in [0.717, 1.165) is 6.20 Å². The van der Waals surface area contributed by atoms with E-state index < -0.39 is 34.7 Å². The molecule has 1 saturated heterocycles. The normalized spacial score (nSPS) is 20.0. The van der Waals surface area contributed by atoms with Crippen LogP contribution in [0.3, 0.4) is 0 Å². The summed E-state index contributed by atoms with van der Waals surface area (Å²) in [6.45, 7) is -1.45. The molecule has 2 rings (SSSR count). The molecule has 1 aromatic heterocycles. The molecular formula is C12H14F3N3O4S. The number of sulfone groups is 1. The van der Waals surface area contributed by atoms with Crippen molar-refractivity contribution in [1.82, 2.24) is 10.3 Å². The number of ether oxygens (including phenoxy) is 1. The summed E-state index contributed by atoms with van der Waals surface area (Å²) in [6, 6.07) is 1.44. The maximum absolute atomic E-state index is 12.0. The molecule has 0 radical (unpaired) electrons. The van der Waals surface area contributed by atoms with Gasteiger partial charge in [0.2, 0.25) is 5.88 Å². The second kappa shape index (κ2) is 6.60. The topological polar surface area (TPSA) is 97.4 Å². The molecule has 1 fully saturated rings. The Morgan fingerprint density at radius 3 is 2.65 bits per heavy atom. The number of amides is 2. The average Bonchev–Trinajstić information content (AvgIpc) is 2.76. The molecule has 2 heterocycles. The number of carbonyl (C=O) groups excluding carboxylic acids is 1. The molecule has 128 valence electrons. The number of rotatable bonds is 4. The smallest absolute Gasteiger partial charge is 0.422 e. The number of hydrogen-bond donors (Lipinski definition) is 2. The molecule has 2 amide bonds. The van der Waals surface area contributed by atoms with Crippen LogP contribution in [0.2, 0.25) is 0 Å². The summed E-state index contributed by atoms with van der Waals surface area (Å²) in [5, 5.41) is 4.92. The average molecular weight is 353 g/mol. The van der Waals surface area contributed by atoms with Crippen LogP contribution in [0, 0.1) is 0 Å². The van der Waals surface area contributed by atoms with Crippen LogP contribution in [0.4, 0.5) is 23.7 Å². The molecule has 0 bridgehead atoms. The van der Waals surface area contributed by atoms with Crippen molar-refractivity contribution in [3.63, 3.8) is 0 Å². The zero-order valence-electron chi connectivity index (χ0n) is 11.8. The van der Waals surface area contributed by atoms with E-state index in [1.807, 2.05) is 0 Å². The van der Waals surface area contributed by atoms with Gasteiger partial charge < -0.3 is 15.4 Å². The minimum atomic E-state index is -4.46. The van der Waals surface area contributed by atoms with E-state index in [4.69, 9.17) is 0 Å². The Morgan fingerprint density at radius 1 is 1.39 bits per heavy atom. The fourth-order valence-electron chi connectivity index (χ4n) is 1.96. The summed E-state index contributed by atoms with van der Waals surface area (Å²) in [6.07, 6.45) is -2.98. The molecule has 1 aromatic rings. The van der Waals surface area contributed by atoms with Crippen molar-refractivity contribution in [3.8, 4) is 5.88 Å². The van der Waals surface area contributed by atoms with Crippen LogP contribution in [0.25, 0.3) is 0 Å². The van der Waals surface area contributed by atoms with Gasteiger partial charge in [0.15, 0.2) is 16.4 Å². The Labute approximate surface area is 130 Å². The zero-order chi connectivity index (χ0) is 17.1. The summed E-state index contributed by atoms with van der Waals surface area (Å²) < 4.78 is 62.9. The van der Waals surface area contributed by atoms with Crippen molar-refractivity contribution < 1.29 is 31.1 Å². The Hall–Kier alpha value is -2.04. The fraction of sp³-hybridized carbons (Fsp3) is 0.500.